The maximum Gasteiger partial charge on any atom is 0.213 e. The largest absolute Gasteiger partial charge is 0.213 e. The van der Waals surface area contributed by atoms with Gasteiger partial charge in [0.1, 0.15) is 0 Å². The van der Waals surface area contributed by atoms with Crippen LogP contribution in [-0.4, -0.2) is 6.71 Å². The van der Waals surface area contributed by atoms with Crippen molar-refractivity contribution >= 4 is 17.6 Å². The van der Waals surface area contributed by atoms with Crippen LogP contribution in [0.25, 0.3) is 0 Å². The number of rotatable bonds is 6. The molecular formula is C20H23B. The van der Waals surface area contributed by atoms with Crippen molar-refractivity contribution in [1.82, 2.24) is 0 Å². The van der Waals surface area contributed by atoms with Crippen LogP contribution in [0.1, 0.15) is 16.7 Å². The van der Waals surface area contributed by atoms with Crippen LogP contribution in [0.5, 0.6) is 0 Å². The summed E-state index contributed by atoms with van der Waals surface area (Å²) in [5.74, 6) is 0. The lowest BCUT2D eigenvalue weighted by atomic mass is 9.38. The van der Waals surface area contributed by atoms with Crippen LogP contribution in [0, 0.1) is 13.8 Å². The van der Waals surface area contributed by atoms with E-state index in [9.17, 15) is 0 Å². The van der Waals surface area contributed by atoms with E-state index in [0.29, 0.717) is 6.71 Å². The Morgan fingerprint density at radius 1 is 0.905 bits per heavy atom. The second-order valence-corrected chi connectivity index (χ2v) is 5.68. The highest BCUT2D eigenvalue weighted by molar-refractivity contribution is 6.85. The number of aryl methyl sites for hydroxylation is 2. The number of allylic oxidation sites excluding steroid dienone is 2. The predicted octanol–water partition coefficient (Wildman–Crippen LogP) is 3.83. The molecule has 0 atom stereocenters. The molecule has 0 bridgehead atoms. The molecule has 2 aromatic rings. The summed E-state index contributed by atoms with van der Waals surface area (Å²) in [6.45, 7) is 12.5. The van der Waals surface area contributed by atoms with Crippen LogP contribution in [0.2, 0.25) is 6.32 Å². The zero-order chi connectivity index (χ0) is 15.2. The summed E-state index contributed by atoms with van der Waals surface area (Å²) in [5, 5.41) is 0. The van der Waals surface area contributed by atoms with E-state index in [-0.39, 0.29) is 0 Å². The zero-order valence-corrected chi connectivity index (χ0v) is 13.1. The van der Waals surface area contributed by atoms with E-state index in [0.717, 1.165) is 12.7 Å². The molecule has 0 aromatic heterocycles. The normalized spacial score (nSPS) is 10.2. The topological polar surface area (TPSA) is 0 Å². The van der Waals surface area contributed by atoms with Crippen LogP contribution in [-0.2, 0) is 6.42 Å². The Bertz CT molecular complexity index is 623. The van der Waals surface area contributed by atoms with Crippen LogP contribution in [0.15, 0.2) is 67.8 Å². The molecule has 106 valence electrons. The Labute approximate surface area is 129 Å². The van der Waals surface area contributed by atoms with Gasteiger partial charge in [0.15, 0.2) is 0 Å². The molecule has 0 saturated heterocycles. The van der Waals surface area contributed by atoms with Crippen molar-refractivity contribution in [3.63, 3.8) is 0 Å². The molecule has 0 aliphatic carbocycles. The molecule has 0 heterocycles. The Kier molecular flexibility index (Phi) is 5.22. The lowest BCUT2D eigenvalue weighted by molar-refractivity contribution is 1.27. The minimum atomic E-state index is 0.374. The molecule has 0 unspecified atom stereocenters. The SMILES string of the molecule is C=CCB(c1ccc(C)cc1)c1ccc(C)cc1CC=C. The van der Waals surface area contributed by atoms with Crippen LogP contribution < -0.4 is 10.9 Å². The quantitative estimate of drug-likeness (QED) is 0.555. The molecule has 1 heteroatoms. The van der Waals surface area contributed by atoms with Gasteiger partial charge in [0.25, 0.3) is 0 Å². The van der Waals surface area contributed by atoms with E-state index in [1.807, 2.05) is 12.2 Å². The highest BCUT2D eigenvalue weighted by Gasteiger charge is 2.20. The third-order valence-electron chi connectivity index (χ3n) is 3.92. The van der Waals surface area contributed by atoms with Crippen molar-refractivity contribution in [2.75, 3.05) is 0 Å². The van der Waals surface area contributed by atoms with Gasteiger partial charge in [-0.3, -0.25) is 0 Å². The van der Waals surface area contributed by atoms with Gasteiger partial charge < -0.3 is 0 Å². The van der Waals surface area contributed by atoms with Gasteiger partial charge in [-0.25, -0.2) is 0 Å². The molecule has 0 radical (unpaired) electrons. The van der Waals surface area contributed by atoms with Crippen LogP contribution in [0.4, 0.5) is 0 Å². The van der Waals surface area contributed by atoms with Crippen molar-refractivity contribution in [1.29, 1.82) is 0 Å². The summed E-state index contributed by atoms with van der Waals surface area (Å²) in [6, 6.07) is 15.6. The average molecular weight is 274 g/mol. The molecule has 0 aliphatic rings. The van der Waals surface area contributed by atoms with E-state index in [4.69, 9.17) is 0 Å². The van der Waals surface area contributed by atoms with E-state index in [1.54, 1.807) is 0 Å². The minimum absolute atomic E-state index is 0.374. The van der Waals surface area contributed by atoms with Crippen molar-refractivity contribution in [2.45, 2.75) is 26.6 Å². The first kappa shape index (κ1) is 15.4. The summed E-state index contributed by atoms with van der Waals surface area (Å²) in [4.78, 5) is 0. The minimum Gasteiger partial charge on any atom is -0.104 e. The molecule has 0 fully saturated rings. The number of hydrogen-bond donors (Lipinski definition) is 0. The fraction of sp³-hybridized carbons (Fsp3) is 0.200. The second kappa shape index (κ2) is 7.13. The molecule has 2 rings (SSSR count). The molecular weight excluding hydrogens is 251 g/mol. The summed E-state index contributed by atoms with van der Waals surface area (Å²) in [5.41, 5.74) is 6.72. The van der Waals surface area contributed by atoms with E-state index >= 15 is 0 Å². The smallest absolute Gasteiger partial charge is 0.104 e. The summed E-state index contributed by atoms with van der Waals surface area (Å²) in [7, 11) is 0. The van der Waals surface area contributed by atoms with E-state index in [1.165, 1.54) is 27.6 Å². The summed E-state index contributed by atoms with van der Waals surface area (Å²) >= 11 is 0. The van der Waals surface area contributed by atoms with Crippen molar-refractivity contribution in [3.8, 4) is 0 Å². The molecule has 21 heavy (non-hydrogen) atoms. The predicted molar refractivity (Wildman–Crippen MR) is 96.3 cm³/mol. The Morgan fingerprint density at radius 3 is 2.19 bits per heavy atom. The fourth-order valence-electron chi connectivity index (χ4n) is 2.81. The average Bonchev–Trinajstić information content (AvgIpc) is 2.47. The van der Waals surface area contributed by atoms with Gasteiger partial charge in [-0.2, -0.15) is 0 Å². The first-order valence-corrected chi connectivity index (χ1v) is 7.53. The van der Waals surface area contributed by atoms with Crippen LogP contribution >= 0.6 is 0 Å². The summed E-state index contributed by atoms with van der Waals surface area (Å²) < 4.78 is 0. The van der Waals surface area contributed by atoms with Gasteiger partial charge in [0, 0.05) is 0 Å². The monoisotopic (exact) mass is 274 g/mol. The third kappa shape index (κ3) is 3.75. The molecule has 0 nitrogen and oxygen atoms in total. The molecule has 0 saturated carbocycles. The van der Waals surface area contributed by atoms with E-state index in [2.05, 4.69) is 69.5 Å². The van der Waals surface area contributed by atoms with Crippen LogP contribution in [0.3, 0.4) is 0 Å². The van der Waals surface area contributed by atoms with Gasteiger partial charge in [0.05, 0.1) is 0 Å². The maximum atomic E-state index is 3.94. The van der Waals surface area contributed by atoms with Crippen molar-refractivity contribution in [2.24, 2.45) is 0 Å². The maximum absolute atomic E-state index is 3.94. The number of benzene rings is 2. The lowest BCUT2D eigenvalue weighted by Crippen LogP contribution is -2.43. The second-order valence-electron chi connectivity index (χ2n) is 5.68. The summed E-state index contributed by atoms with van der Waals surface area (Å²) in [6.07, 6.45) is 5.87. The molecule has 0 N–H and O–H groups in total. The zero-order valence-electron chi connectivity index (χ0n) is 13.1. The van der Waals surface area contributed by atoms with Gasteiger partial charge in [-0.1, -0.05) is 76.7 Å². The number of hydrogen-bond acceptors (Lipinski definition) is 0. The van der Waals surface area contributed by atoms with E-state index < -0.39 is 0 Å². The van der Waals surface area contributed by atoms with Crippen molar-refractivity contribution < 1.29 is 0 Å². The van der Waals surface area contributed by atoms with Gasteiger partial charge >= 0.3 is 0 Å². The highest BCUT2D eigenvalue weighted by atomic mass is 14.0. The molecule has 0 spiro atoms. The molecule has 2 aromatic carbocycles. The Hall–Kier alpha value is -2.02. The standard InChI is InChI=1S/C20H23B/c1-5-7-18-15-17(4)10-13-20(18)21(14-6-2)19-11-8-16(3)9-12-19/h5-6,8-13,15H,1-2,7,14H2,3-4H3. The Balaban J connectivity index is 2.49. The Morgan fingerprint density at radius 2 is 1.57 bits per heavy atom. The fourth-order valence-corrected chi connectivity index (χ4v) is 2.81. The van der Waals surface area contributed by atoms with Gasteiger partial charge in [0.2, 0.25) is 6.71 Å². The van der Waals surface area contributed by atoms with Gasteiger partial charge in [-0.05, 0) is 32.2 Å². The van der Waals surface area contributed by atoms with Crippen molar-refractivity contribution in [3.05, 3.63) is 84.5 Å². The lowest BCUT2D eigenvalue weighted by Gasteiger charge is -2.17. The first-order chi connectivity index (χ1) is 10.2. The highest BCUT2D eigenvalue weighted by Crippen LogP contribution is 2.08. The third-order valence-corrected chi connectivity index (χ3v) is 3.92. The molecule has 0 aliphatic heterocycles. The van der Waals surface area contributed by atoms with Gasteiger partial charge in [-0.15, -0.1) is 13.2 Å². The molecule has 0 amide bonds. The first-order valence-electron chi connectivity index (χ1n) is 7.53.